The monoisotopic (exact) mass is 405 g/mol. The molecule has 5 fully saturated rings. The van der Waals surface area contributed by atoms with Crippen LogP contribution in [0.5, 0.6) is 0 Å². The third-order valence-corrected chi connectivity index (χ3v) is 12.1. The van der Waals surface area contributed by atoms with Gasteiger partial charge in [-0.2, -0.15) is 0 Å². The maximum atomic E-state index is 15.4. The molecule has 0 aromatic rings. The molecule has 4 heteroatoms. The minimum absolute atomic E-state index is 0.279. The van der Waals surface area contributed by atoms with Crippen LogP contribution in [-0.4, -0.2) is 35.8 Å². The van der Waals surface area contributed by atoms with Crippen LogP contribution >= 0.6 is 0 Å². The minimum atomic E-state index is -1.81. The molecular formula is C25H40FNO2. The molecule has 9 atom stereocenters. The Kier molecular flexibility index (Phi) is 3.85. The second-order valence-corrected chi connectivity index (χ2v) is 12.6. The van der Waals surface area contributed by atoms with Crippen LogP contribution in [0.25, 0.3) is 0 Å². The van der Waals surface area contributed by atoms with Crippen molar-refractivity contribution in [2.75, 3.05) is 7.05 Å². The van der Waals surface area contributed by atoms with Crippen molar-refractivity contribution in [1.29, 1.82) is 0 Å². The summed E-state index contributed by atoms with van der Waals surface area (Å²) in [5.74, 6) is 0.778. The van der Waals surface area contributed by atoms with Crippen molar-refractivity contribution in [3.8, 4) is 0 Å². The lowest BCUT2D eigenvalue weighted by Crippen LogP contribution is -2.63. The normalized spacial score (nSPS) is 59.9. The zero-order chi connectivity index (χ0) is 21.3. The topological polar surface area (TPSA) is 49.3 Å². The summed E-state index contributed by atoms with van der Waals surface area (Å²) in [6, 6.07) is 0.571. The molecule has 2 spiro atoms. The average molecular weight is 406 g/mol. The quantitative estimate of drug-likeness (QED) is 0.702. The summed E-state index contributed by atoms with van der Waals surface area (Å²) in [4.78, 5) is 12.5. The van der Waals surface area contributed by atoms with E-state index in [1.165, 1.54) is 32.6 Å². The van der Waals surface area contributed by atoms with Crippen molar-refractivity contribution < 1.29 is 14.3 Å². The van der Waals surface area contributed by atoms with Crippen molar-refractivity contribution in [1.82, 2.24) is 5.32 Å². The van der Waals surface area contributed by atoms with Crippen molar-refractivity contribution in [2.24, 2.45) is 38.9 Å². The van der Waals surface area contributed by atoms with E-state index in [4.69, 9.17) is 0 Å². The van der Waals surface area contributed by atoms with Gasteiger partial charge in [-0.15, -0.1) is 0 Å². The van der Waals surface area contributed by atoms with Crippen molar-refractivity contribution >= 4 is 5.78 Å². The number of carbonyl (C=O) groups is 1. The number of nitrogens with one attached hydrogen (secondary N) is 1. The number of rotatable bonds is 2. The minimum Gasteiger partial charge on any atom is -0.378 e. The number of Topliss-reactive ketones (excluding diaryl/α,β-unsaturated/α-hetero) is 1. The average Bonchev–Trinajstić information content (AvgIpc) is 3.27. The molecule has 5 saturated carbocycles. The number of hydrogen-bond acceptors (Lipinski definition) is 3. The van der Waals surface area contributed by atoms with Gasteiger partial charge in [0.25, 0.3) is 0 Å². The first kappa shape index (κ1) is 20.4. The summed E-state index contributed by atoms with van der Waals surface area (Å²) in [6.07, 6.45) is 6.87. The molecule has 5 aliphatic carbocycles. The van der Waals surface area contributed by atoms with Crippen molar-refractivity contribution in [2.45, 2.75) is 104 Å². The Bertz CT molecular complexity index is 768. The van der Waals surface area contributed by atoms with E-state index < -0.39 is 17.2 Å². The van der Waals surface area contributed by atoms with Gasteiger partial charge >= 0.3 is 0 Å². The highest BCUT2D eigenvalue weighted by molar-refractivity contribution is 5.87. The summed E-state index contributed by atoms with van der Waals surface area (Å²) >= 11 is 0. The van der Waals surface area contributed by atoms with Gasteiger partial charge in [-0.05, 0) is 98.8 Å². The Labute approximate surface area is 175 Å². The Morgan fingerprint density at radius 1 is 1.00 bits per heavy atom. The molecule has 0 aliphatic heterocycles. The van der Waals surface area contributed by atoms with Crippen molar-refractivity contribution in [3.63, 3.8) is 0 Å². The van der Waals surface area contributed by atoms with E-state index in [1.807, 2.05) is 6.92 Å². The van der Waals surface area contributed by atoms with Crippen LogP contribution in [0.4, 0.5) is 4.39 Å². The lowest BCUT2D eigenvalue weighted by Gasteiger charge is -2.63. The van der Waals surface area contributed by atoms with E-state index in [1.54, 1.807) is 0 Å². The Morgan fingerprint density at radius 2 is 1.62 bits per heavy atom. The van der Waals surface area contributed by atoms with Crippen LogP contribution in [0.1, 0.15) is 86.0 Å². The molecule has 0 radical (unpaired) electrons. The van der Waals surface area contributed by atoms with Gasteiger partial charge < -0.3 is 10.4 Å². The molecule has 0 aromatic heterocycles. The highest BCUT2D eigenvalue weighted by Gasteiger charge is 2.85. The number of alkyl halides is 1. The first-order chi connectivity index (χ1) is 13.4. The summed E-state index contributed by atoms with van der Waals surface area (Å²) in [6.45, 7) is 10.6. The number of halogens is 1. The van der Waals surface area contributed by atoms with Gasteiger partial charge in [0.15, 0.2) is 11.4 Å². The number of fused-ring (bicyclic) bond motifs is 2. The van der Waals surface area contributed by atoms with Crippen LogP contribution in [0.3, 0.4) is 0 Å². The second-order valence-electron chi connectivity index (χ2n) is 12.6. The fraction of sp³-hybridized carbons (Fsp3) is 0.960. The standard InChI is InChI=1S/C25H40FNO2/c1-15(28)25(29)18(26)13-21(4)17-8-7-16-20(2,3)19(27-6)9-10-23(16)14-24(17,23)12-11-22(21,25)5/h16-19,27,29H,7-14H2,1-6H3/t16-,17-,18?,19-,21-,22-,23+,24+,25+/m0/s1. The Morgan fingerprint density at radius 3 is 2.24 bits per heavy atom. The molecule has 0 bridgehead atoms. The molecule has 0 aromatic carbocycles. The van der Waals surface area contributed by atoms with Crippen LogP contribution in [0.15, 0.2) is 0 Å². The zero-order valence-corrected chi connectivity index (χ0v) is 19.2. The Hall–Kier alpha value is -0.480. The number of carbonyl (C=O) groups excluding carboxylic acids is 1. The molecule has 3 nitrogen and oxygen atoms in total. The van der Waals surface area contributed by atoms with E-state index in [9.17, 15) is 9.90 Å². The van der Waals surface area contributed by atoms with Gasteiger partial charge in [-0.3, -0.25) is 4.79 Å². The first-order valence-corrected chi connectivity index (χ1v) is 11.9. The number of hydrogen-bond donors (Lipinski definition) is 2. The Balaban J connectivity index is 1.56. The second kappa shape index (κ2) is 5.46. The molecular weight excluding hydrogens is 365 g/mol. The molecule has 5 aliphatic rings. The van der Waals surface area contributed by atoms with E-state index >= 15 is 4.39 Å². The van der Waals surface area contributed by atoms with Crippen LogP contribution < -0.4 is 5.32 Å². The van der Waals surface area contributed by atoms with Gasteiger partial charge in [-0.25, -0.2) is 4.39 Å². The summed E-state index contributed by atoms with van der Waals surface area (Å²) in [5.41, 5.74) is -1.78. The third-order valence-electron chi connectivity index (χ3n) is 12.1. The fourth-order valence-corrected chi connectivity index (χ4v) is 10.5. The van der Waals surface area contributed by atoms with Crippen LogP contribution in [0.2, 0.25) is 0 Å². The van der Waals surface area contributed by atoms with Gasteiger partial charge in [0.05, 0.1) is 0 Å². The molecule has 0 saturated heterocycles. The molecule has 2 N–H and O–H groups in total. The summed E-state index contributed by atoms with van der Waals surface area (Å²) in [7, 11) is 2.11. The SMILES string of the molecule is CN[C@H]1CC[C@]23C[C@@]24CC[C@]2(C)[C@@](O)(C(C)=O)C(F)C[C@@]2(C)[C@@H]4CC[C@H]3C1(C)C. The predicted molar refractivity (Wildman–Crippen MR) is 112 cm³/mol. The molecule has 0 heterocycles. The highest BCUT2D eigenvalue weighted by Crippen LogP contribution is 2.89. The highest BCUT2D eigenvalue weighted by atomic mass is 19.1. The van der Waals surface area contributed by atoms with Gasteiger partial charge in [0.1, 0.15) is 6.17 Å². The van der Waals surface area contributed by atoms with Crippen molar-refractivity contribution in [3.05, 3.63) is 0 Å². The largest absolute Gasteiger partial charge is 0.378 e. The lowest BCUT2D eigenvalue weighted by molar-refractivity contribution is -0.191. The molecule has 29 heavy (non-hydrogen) atoms. The van der Waals surface area contributed by atoms with E-state index in [0.717, 1.165) is 25.2 Å². The maximum absolute atomic E-state index is 15.4. The molecule has 164 valence electrons. The van der Waals surface area contributed by atoms with Crippen LogP contribution in [-0.2, 0) is 4.79 Å². The molecule has 1 unspecified atom stereocenters. The molecule has 5 rings (SSSR count). The van der Waals surface area contributed by atoms with E-state index in [2.05, 4.69) is 33.1 Å². The number of ketones is 1. The predicted octanol–water partition coefficient (Wildman–Crippen LogP) is 4.67. The smallest absolute Gasteiger partial charge is 0.164 e. The lowest BCUT2D eigenvalue weighted by atomic mass is 9.41. The van der Waals surface area contributed by atoms with Gasteiger partial charge in [0.2, 0.25) is 0 Å². The number of aliphatic hydroxyl groups is 1. The summed E-state index contributed by atoms with van der Waals surface area (Å²) < 4.78 is 15.4. The van der Waals surface area contributed by atoms with Gasteiger partial charge in [0, 0.05) is 11.5 Å². The van der Waals surface area contributed by atoms with Gasteiger partial charge in [-0.1, -0.05) is 27.7 Å². The third kappa shape index (κ3) is 1.88. The zero-order valence-electron chi connectivity index (χ0n) is 19.2. The molecule has 0 amide bonds. The van der Waals surface area contributed by atoms with Crippen LogP contribution in [0, 0.1) is 38.9 Å². The first-order valence-electron chi connectivity index (χ1n) is 11.9. The summed E-state index contributed by atoms with van der Waals surface area (Å²) in [5, 5.41) is 15.0. The maximum Gasteiger partial charge on any atom is 0.164 e. The fourth-order valence-electron chi connectivity index (χ4n) is 10.5. The van der Waals surface area contributed by atoms with E-state index in [-0.39, 0.29) is 16.6 Å². The van der Waals surface area contributed by atoms with E-state index in [0.29, 0.717) is 29.2 Å².